The summed E-state index contributed by atoms with van der Waals surface area (Å²) in [5, 5.41) is 5.00. The molecule has 0 unspecified atom stereocenters. The zero-order chi connectivity index (χ0) is 19.4. The van der Waals surface area contributed by atoms with Crippen LogP contribution in [0.1, 0.15) is 16.1 Å². The number of carbonyl (C=O) groups is 1. The van der Waals surface area contributed by atoms with Crippen molar-refractivity contribution >= 4 is 23.0 Å². The minimum absolute atomic E-state index is 0.117. The summed E-state index contributed by atoms with van der Waals surface area (Å²) in [5.41, 5.74) is -0.890. The van der Waals surface area contributed by atoms with E-state index in [2.05, 4.69) is 15.6 Å². The number of alkyl halides is 3. The zero-order valence-electron chi connectivity index (χ0n) is 13.7. The van der Waals surface area contributed by atoms with E-state index >= 15 is 0 Å². The molecule has 1 heterocycles. The number of nitrogens with zero attached hydrogens (tertiary/aromatic N) is 1. The van der Waals surface area contributed by atoms with E-state index < -0.39 is 23.5 Å². The number of anilines is 3. The van der Waals surface area contributed by atoms with Crippen molar-refractivity contribution < 1.29 is 22.4 Å². The number of benzene rings is 2. The molecular weight excluding hydrogens is 362 g/mol. The van der Waals surface area contributed by atoms with Gasteiger partial charge in [-0.3, -0.25) is 9.78 Å². The lowest BCUT2D eigenvalue weighted by Crippen LogP contribution is -2.17. The first-order valence-electron chi connectivity index (χ1n) is 7.80. The van der Waals surface area contributed by atoms with E-state index in [4.69, 9.17) is 0 Å². The standard InChI is InChI=1S/C19H13F4N3O/c20-14-6-2-4-8-16(14)25-12-9-10-24-17(11-12)18(27)26-15-7-3-1-5-13(15)19(21,22)23/h1-11H,(H,24,25)(H,26,27). The number of hydrogen-bond acceptors (Lipinski definition) is 3. The molecule has 0 aliphatic rings. The molecule has 1 amide bonds. The highest BCUT2D eigenvalue weighted by Gasteiger charge is 2.33. The maximum Gasteiger partial charge on any atom is 0.418 e. The summed E-state index contributed by atoms with van der Waals surface area (Å²) in [7, 11) is 0. The number of nitrogens with one attached hydrogen (secondary N) is 2. The topological polar surface area (TPSA) is 54.0 Å². The average molecular weight is 375 g/mol. The molecule has 0 aliphatic carbocycles. The zero-order valence-corrected chi connectivity index (χ0v) is 13.7. The van der Waals surface area contributed by atoms with Crippen molar-refractivity contribution in [1.29, 1.82) is 0 Å². The number of rotatable bonds is 4. The molecule has 138 valence electrons. The highest BCUT2D eigenvalue weighted by atomic mass is 19.4. The fourth-order valence-electron chi connectivity index (χ4n) is 2.38. The molecule has 0 radical (unpaired) electrons. The van der Waals surface area contributed by atoms with Crippen LogP contribution in [0.15, 0.2) is 66.9 Å². The van der Waals surface area contributed by atoms with Gasteiger partial charge in [0.2, 0.25) is 0 Å². The van der Waals surface area contributed by atoms with E-state index in [0.717, 1.165) is 12.1 Å². The second-order valence-corrected chi connectivity index (χ2v) is 5.53. The molecule has 1 aromatic heterocycles. The van der Waals surface area contributed by atoms with Gasteiger partial charge in [0.25, 0.3) is 5.91 Å². The number of hydrogen-bond donors (Lipinski definition) is 2. The van der Waals surface area contributed by atoms with Crippen molar-refractivity contribution in [3.05, 3.63) is 83.9 Å². The second kappa shape index (κ2) is 7.45. The van der Waals surface area contributed by atoms with E-state index in [1.165, 1.54) is 48.7 Å². The molecule has 0 atom stereocenters. The molecule has 8 heteroatoms. The number of para-hydroxylation sites is 2. The van der Waals surface area contributed by atoms with Crippen molar-refractivity contribution in [3.8, 4) is 0 Å². The summed E-state index contributed by atoms with van der Waals surface area (Å²) in [6, 6.07) is 13.4. The number of pyridine rings is 1. The Balaban J connectivity index is 1.82. The molecule has 2 N–H and O–H groups in total. The van der Waals surface area contributed by atoms with Gasteiger partial charge in [0.15, 0.2) is 0 Å². The van der Waals surface area contributed by atoms with E-state index in [0.29, 0.717) is 5.69 Å². The molecule has 0 aliphatic heterocycles. The van der Waals surface area contributed by atoms with Crippen molar-refractivity contribution in [2.75, 3.05) is 10.6 Å². The minimum atomic E-state index is -4.61. The van der Waals surface area contributed by atoms with Crippen molar-refractivity contribution in [2.45, 2.75) is 6.18 Å². The molecule has 4 nitrogen and oxygen atoms in total. The number of aromatic nitrogens is 1. The molecule has 27 heavy (non-hydrogen) atoms. The van der Waals surface area contributed by atoms with Gasteiger partial charge in [-0.15, -0.1) is 0 Å². The van der Waals surface area contributed by atoms with Crippen LogP contribution in [0.3, 0.4) is 0 Å². The molecular formula is C19H13F4N3O. The Morgan fingerprint density at radius 1 is 0.926 bits per heavy atom. The monoisotopic (exact) mass is 375 g/mol. The summed E-state index contributed by atoms with van der Waals surface area (Å²) in [6.07, 6.45) is -3.31. The van der Waals surface area contributed by atoms with Crippen LogP contribution in [-0.2, 0) is 6.18 Å². The van der Waals surface area contributed by atoms with Crippen molar-refractivity contribution in [3.63, 3.8) is 0 Å². The van der Waals surface area contributed by atoms with Gasteiger partial charge in [0, 0.05) is 11.9 Å². The highest BCUT2D eigenvalue weighted by molar-refractivity contribution is 6.03. The van der Waals surface area contributed by atoms with Crippen LogP contribution in [0.5, 0.6) is 0 Å². The molecule has 0 spiro atoms. The van der Waals surface area contributed by atoms with Gasteiger partial charge in [0.05, 0.1) is 16.9 Å². The molecule has 0 saturated carbocycles. The largest absolute Gasteiger partial charge is 0.418 e. The molecule has 3 rings (SSSR count). The van der Waals surface area contributed by atoms with Crippen LogP contribution in [0.2, 0.25) is 0 Å². The van der Waals surface area contributed by atoms with Crippen LogP contribution in [0, 0.1) is 5.82 Å². The molecule has 0 saturated heterocycles. The second-order valence-electron chi connectivity index (χ2n) is 5.53. The molecule has 0 bridgehead atoms. The van der Waals surface area contributed by atoms with Crippen LogP contribution in [0.4, 0.5) is 34.6 Å². The summed E-state index contributed by atoms with van der Waals surface area (Å²) < 4.78 is 52.8. The van der Waals surface area contributed by atoms with Crippen molar-refractivity contribution in [1.82, 2.24) is 4.98 Å². The lowest BCUT2D eigenvalue weighted by atomic mass is 10.1. The van der Waals surface area contributed by atoms with Crippen molar-refractivity contribution in [2.24, 2.45) is 0 Å². The average Bonchev–Trinajstić information content (AvgIpc) is 2.63. The first-order valence-corrected chi connectivity index (χ1v) is 7.80. The number of amides is 1. The molecule has 0 fully saturated rings. The third kappa shape index (κ3) is 4.41. The summed E-state index contributed by atoms with van der Waals surface area (Å²) in [5.74, 6) is -1.30. The van der Waals surface area contributed by atoms with Gasteiger partial charge >= 0.3 is 6.18 Å². The predicted molar refractivity (Wildman–Crippen MR) is 93.3 cm³/mol. The first kappa shape index (κ1) is 18.4. The summed E-state index contributed by atoms with van der Waals surface area (Å²) >= 11 is 0. The first-order chi connectivity index (χ1) is 12.8. The predicted octanol–water partition coefficient (Wildman–Crippen LogP) is 5.24. The Labute approximate surface area is 151 Å². The fraction of sp³-hybridized carbons (Fsp3) is 0.0526. The van der Waals surface area contributed by atoms with Gasteiger partial charge in [-0.25, -0.2) is 4.39 Å². The third-order valence-electron chi connectivity index (χ3n) is 3.63. The summed E-state index contributed by atoms with van der Waals surface area (Å²) in [6.45, 7) is 0. The lowest BCUT2D eigenvalue weighted by Gasteiger charge is -2.13. The SMILES string of the molecule is O=C(Nc1ccccc1C(F)(F)F)c1cc(Nc2ccccc2F)ccn1. The van der Waals surface area contributed by atoms with Crippen LogP contribution < -0.4 is 10.6 Å². The third-order valence-corrected chi connectivity index (χ3v) is 3.63. The lowest BCUT2D eigenvalue weighted by molar-refractivity contribution is -0.136. The Morgan fingerprint density at radius 3 is 2.30 bits per heavy atom. The van der Waals surface area contributed by atoms with Crippen LogP contribution in [0.25, 0.3) is 0 Å². The smallest absolute Gasteiger partial charge is 0.353 e. The Bertz CT molecular complexity index is 973. The number of halogens is 4. The van der Waals surface area contributed by atoms with E-state index in [1.54, 1.807) is 6.07 Å². The normalized spacial score (nSPS) is 11.1. The Hall–Kier alpha value is -3.42. The molecule has 3 aromatic rings. The van der Waals surface area contributed by atoms with Gasteiger partial charge in [0.1, 0.15) is 11.5 Å². The van der Waals surface area contributed by atoms with E-state index in [1.807, 2.05) is 0 Å². The van der Waals surface area contributed by atoms with E-state index in [9.17, 15) is 22.4 Å². The van der Waals surface area contributed by atoms with Gasteiger partial charge in [-0.05, 0) is 36.4 Å². The Morgan fingerprint density at radius 2 is 1.59 bits per heavy atom. The van der Waals surface area contributed by atoms with Gasteiger partial charge in [-0.1, -0.05) is 24.3 Å². The van der Waals surface area contributed by atoms with Crippen LogP contribution in [-0.4, -0.2) is 10.9 Å². The summed E-state index contributed by atoms with van der Waals surface area (Å²) in [4.78, 5) is 16.2. The fourth-order valence-corrected chi connectivity index (χ4v) is 2.38. The maximum atomic E-state index is 13.7. The molecule has 2 aromatic carbocycles. The van der Waals surface area contributed by atoms with Gasteiger partial charge < -0.3 is 10.6 Å². The number of carbonyl (C=O) groups excluding carboxylic acids is 1. The van der Waals surface area contributed by atoms with E-state index in [-0.39, 0.29) is 17.1 Å². The Kier molecular flexibility index (Phi) is 5.07. The quantitative estimate of drug-likeness (QED) is 0.614. The van der Waals surface area contributed by atoms with Gasteiger partial charge in [-0.2, -0.15) is 13.2 Å². The maximum absolute atomic E-state index is 13.7. The van der Waals surface area contributed by atoms with Crippen LogP contribution >= 0.6 is 0 Å². The minimum Gasteiger partial charge on any atom is -0.353 e. The highest BCUT2D eigenvalue weighted by Crippen LogP contribution is 2.34.